The Balaban J connectivity index is 1.64. The van der Waals surface area contributed by atoms with Gasteiger partial charge in [0.25, 0.3) is 0 Å². The van der Waals surface area contributed by atoms with Crippen molar-refractivity contribution in [2.24, 2.45) is 11.5 Å². The van der Waals surface area contributed by atoms with Crippen LogP contribution in [0.5, 0.6) is 0 Å². The smallest absolute Gasteiger partial charge is 0.355 e. The molecule has 1 unspecified atom stereocenters. The Hall–Kier alpha value is -2.43. The van der Waals surface area contributed by atoms with E-state index in [9.17, 15) is 14.4 Å². The van der Waals surface area contributed by atoms with Gasteiger partial charge in [-0.1, -0.05) is 23.9 Å². The lowest BCUT2D eigenvalue weighted by molar-refractivity contribution is -0.128. The summed E-state index contributed by atoms with van der Waals surface area (Å²) in [7, 11) is 0. The average Bonchev–Trinajstić information content (AvgIpc) is 3.29. The molecule has 1 fully saturated rings. The average molecular weight is 421 g/mol. The first-order chi connectivity index (χ1) is 13.4. The van der Waals surface area contributed by atoms with Crippen LogP contribution in [0.2, 0.25) is 0 Å². The lowest BCUT2D eigenvalue weighted by atomic mass is 9.96. The molecule has 0 bridgehead atoms. The van der Waals surface area contributed by atoms with E-state index in [2.05, 4.69) is 4.98 Å². The molecule has 148 valence electrons. The second-order valence-corrected chi connectivity index (χ2v) is 8.56. The van der Waals surface area contributed by atoms with E-state index in [-0.39, 0.29) is 17.6 Å². The molecule has 0 saturated carbocycles. The molecule has 1 aliphatic rings. The van der Waals surface area contributed by atoms with Crippen LogP contribution in [0.25, 0.3) is 0 Å². The predicted molar refractivity (Wildman–Crippen MR) is 106 cm³/mol. The summed E-state index contributed by atoms with van der Waals surface area (Å²) in [5.41, 5.74) is 12.9. The van der Waals surface area contributed by atoms with E-state index in [0.717, 1.165) is 5.56 Å². The molecule has 1 aromatic carbocycles. The van der Waals surface area contributed by atoms with Gasteiger partial charge in [0.1, 0.15) is 0 Å². The number of amides is 2. The summed E-state index contributed by atoms with van der Waals surface area (Å²) in [5, 5.41) is 10.4. The summed E-state index contributed by atoms with van der Waals surface area (Å²) in [5.74, 6) is -0.948. The Morgan fingerprint density at radius 1 is 1.43 bits per heavy atom. The molecule has 1 saturated heterocycles. The van der Waals surface area contributed by atoms with Gasteiger partial charge in [-0.2, -0.15) is 0 Å². The lowest BCUT2D eigenvalue weighted by Crippen LogP contribution is -2.41. The first kappa shape index (κ1) is 20.3. The van der Waals surface area contributed by atoms with E-state index in [1.54, 1.807) is 23.1 Å². The Kier molecular flexibility index (Phi) is 6.32. The zero-order valence-corrected chi connectivity index (χ0v) is 16.5. The maximum absolute atomic E-state index is 12.3. The van der Waals surface area contributed by atoms with Crippen molar-refractivity contribution in [1.82, 2.24) is 9.88 Å². The van der Waals surface area contributed by atoms with Crippen LogP contribution in [0.4, 0.5) is 0 Å². The molecule has 0 radical (unpaired) electrons. The van der Waals surface area contributed by atoms with E-state index in [1.165, 1.54) is 28.5 Å². The third-order valence-corrected chi connectivity index (χ3v) is 6.61. The molecular formula is C18H20N4O4S2. The molecule has 5 N–H and O–H groups in total. The predicted octanol–water partition coefficient (Wildman–Crippen LogP) is 1.72. The van der Waals surface area contributed by atoms with E-state index in [0.29, 0.717) is 35.0 Å². The second-order valence-electron chi connectivity index (χ2n) is 6.36. The van der Waals surface area contributed by atoms with E-state index < -0.39 is 17.9 Å². The molecule has 8 nitrogen and oxygen atoms in total. The molecule has 2 atom stereocenters. The van der Waals surface area contributed by atoms with Gasteiger partial charge in [0.2, 0.25) is 11.8 Å². The van der Waals surface area contributed by atoms with Crippen LogP contribution in [0.3, 0.4) is 0 Å². The quantitative estimate of drug-likeness (QED) is 0.552. The maximum atomic E-state index is 12.3. The molecule has 10 heteroatoms. The topological polar surface area (TPSA) is 140 Å². The zero-order chi connectivity index (χ0) is 20.3. The Labute approximate surface area is 169 Å². The summed E-state index contributed by atoms with van der Waals surface area (Å²) >= 11 is 2.68. The highest BCUT2D eigenvalue weighted by atomic mass is 32.2. The summed E-state index contributed by atoms with van der Waals surface area (Å²) in [6.07, 6.45) is 1.07. The zero-order valence-electron chi connectivity index (χ0n) is 14.9. The number of benzene rings is 1. The number of thioether (sulfide) groups is 1. The van der Waals surface area contributed by atoms with Gasteiger partial charge in [-0.15, -0.1) is 11.3 Å². The standard InChI is InChI=1S/C18H20N4O4S2/c19-15(10-2-1-3-11(8-10)16(20)24)13-4-5-14(23)22(13)6-7-27-18-21-12(9-28-18)17(25)26/h1-3,8-9,13,15H,4-7,19H2,(H2,20,24)(H,25,26)/t13-,15?/m1/s1. The van der Waals surface area contributed by atoms with Gasteiger partial charge in [-0.25, -0.2) is 9.78 Å². The first-order valence-corrected chi connectivity index (χ1v) is 10.5. The molecule has 2 amide bonds. The lowest BCUT2D eigenvalue weighted by Gasteiger charge is -2.30. The molecule has 2 heterocycles. The number of aromatic nitrogens is 1. The van der Waals surface area contributed by atoms with Crippen LogP contribution in [0, 0.1) is 0 Å². The molecule has 3 rings (SSSR count). The van der Waals surface area contributed by atoms with Crippen molar-refractivity contribution in [2.75, 3.05) is 12.3 Å². The van der Waals surface area contributed by atoms with Crippen LogP contribution in [-0.4, -0.2) is 51.1 Å². The Morgan fingerprint density at radius 2 is 2.21 bits per heavy atom. The number of rotatable bonds is 8. The van der Waals surface area contributed by atoms with Crippen molar-refractivity contribution >= 4 is 40.9 Å². The van der Waals surface area contributed by atoms with Crippen LogP contribution < -0.4 is 11.5 Å². The van der Waals surface area contributed by atoms with Crippen molar-refractivity contribution in [1.29, 1.82) is 0 Å². The van der Waals surface area contributed by atoms with Crippen molar-refractivity contribution in [2.45, 2.75) is 29.3 Å². The van der Waals surface area contributed by atoms with E-state index in [1.807, 2.05) is 6.07 Å². The SMILES string of the molecule is NC(=O)c1cccc(C(N)[C@H]2CCC(=O)N2CCSc2nc(C(=O)O)cs2)c1. The monoisotopic (exact) mass is 420 g/mol. The van der Waals surface area contributed by atoms with Crippen LogP contribution in [0.15, 0.2) is 34.0 Å². The van der Waals surface area contributed by atoms with Gasteiger partial charge < -0.3 is 21.5 Å². The second kappa shape index (κ2) is 8.72. The highest BCUT2D eigenvalue weighted by Gasteiger charge is 2.35. The fourth-order valence-corrected chi connectivity index (χ4v) is 5.00. The Bertz CT molecular complexity index is 901. The number of carboxylic acid groups (broad SMARTS) is 1. The summed E-state index contributed by atoms with van der Waals surface area (Å²) in [6, 6.07) is 6.28. The summed E-state index contributed by atoms with van der Waals surface area (Å²) < 4.78 is 0.652. The third kappa shape index (κ3) is 4.51. The first-order valence-electron chi connectivity index (χ1n) is 8.63. The summed E-state index contributed by atoms with van der Waals surface area (Å²) in [4.78, 5) is 40.4. The van der Waals surface area contributed by atoms with Gasteiger partial charge in [-0.3, -0.25) is 9.59 Å². The highest BCUT2D eigenvalue weighted by molar-refractivity contribution is 8.01. The van der Waals surface area contributed by atoms with Crippen LogP contribution in [0.1, 0.15) is 45.3 Å². The highest BCUT2D eigenvalue weighted by Crippen LogP contribution is 2.30. The van der Waals surface area contributed by atoms with Crippen molar-refractivity contribution in [3.8, 4) is 0 Å². The van der Waals surface area contributed by atoms with Gasteiger partial charge in [-0.05, 0) is 24.1 Å². The van der Waals surface area contributed by atoms with Gasteiger partial charge in [0.15, 0.2) is 10.0 Å². The number of hydrogen-bond acceptors (Lipinski definition) is 7. The van der Waals surface area contributed by atoms with Gasteiger partial charge in [0.05, 0.1) is 12.1 Å². The molecule has 28 heavy (non-hydrogen) atoms. The van der Waals surface area contributed by atoms with E-state index in [4.69, 9.17) is 16.6 Å². The van der Waals surface area contributed by atoms with Gasteiger partial charge >= 0.3 is 5.97 Å². The number of nitrogens with zero attached hydrogens (tertiary/aromatic N) is 2. The Morgan fingerprint density at radius 3 is 2.89 bits per heavy atom. The molecular weight excluding hydrogens is 400 g/mol. The van der Waals surface area contributed by atoms with Crippen molar-refractivity contribution in [3.05, 3.63) is 46.5 Å². The van der Waals surface area contributed by atoms with Crippen LogP contribution in [-0.2, 0) is 4.79 Å². The number of likely N-dealkylation sites (tertiary alicyclic amines) is 1. The molecule has 2 aromatic rings. The minimum absolute atomic E-state index is 0.0268. The maximum Gasteiger partial charge on any atom is 0.355 e. The molecule has 1 aromatic heterocycles. The fourth-order valence-electron chi connectivity index (χ4n) is 3.19. The normalized spacial score (nSPS) is 17.7. The number of hydrogen-bond donors (Lipinski definition) is 3. The van der Waals surface area contributed by atoms with E-state index >= 15 is 0 Å². The number of thiazole rings is 1. The minimum atomic E-state index is -1.05. The summed E-state index contributed by atoms with van der Waals surface area (Å²) in [6.45, 7) is 0.485. The van der Waals surface area contributed by atoms with Crippen molar-refractivity contribution in [3.63, 3.8) is 0 Å². The number of aromatic carboxylic acids is 1. The molecule has 0 spiro atoms. The fraction of sp³-hybridized carbons (Fsp3) is 0.333. The number of nitrogens with two attached hydrogens (primary N) is 2. The number of carboxylic acids is 1. The third-order valence-electron chi connectivity index (χ3n) is 4.61. The molecule has 0 aliphatic carbocycles. The number of carbonyl (C=O) groups excluding carboxylic acids is 2. The largest absolute Gasteiger partial charge is 0.476 e. The number of carbonyl (C=O) groups is 3. The molecule has 1 aliphatic heterocycles. The van der Waals surface area contributed by atoms with Gasteiger partial charge in [0, 0.05) is 29.7 Å². The van der Waals surface area contributed by atoms with Crippen LogP contribution >= 0.6 is 23.1 Å². The van der Waals surface area contributed by atoms with Crippen molar-refractivity contribution < 1.29 is 19.5 Å². The minimum Gasteiger partial charge on any atom is -0.476 e. The number of primary amides is 1.